The zero-order valence-electron chi connectivity index (χ0n) is 11.1. The quantitative estimate of drug-likeness (QED) is 0.816. The molecule has 0 atom stereocenters. The number of rotatable bonds is 5. The van der Waals surface area contributed by atoms with E-state index in [9.17, 15) is 8.42 Å². The van der Waals surface area contributed by atoms with Crippen LogP contribution in [0.3, 0.4) is 0 Å². The van der Waals surface area contributed by atoms with Crippen LogP contribution in [-0.2, 0) is 16.6 Å². The molecule has 0 saturated heterocycles. The van der Waals surface area contributed by atoms with Gasteiger partial charge in [-0.05, 0) is 19.1 Å². The molecule has 0 spiro atoms. The van der Waals surface area contributed by atoms with Gasteiger partial charge in [-0.1, -0.05) is 0 Å². The molecule has 8 heteroatoms. The van der Waals surface area contributed by atoms with E-state index in [1.54, 1.807) is 12.3 Å². The normalized spacial score (nSPS) is 11.5. The Kier molecular flexibility index (Phi) is 4.26. The first kappa shape index (κ1) is 14.8. The van der Waals surface area contributed by atoms with Crippen LogP contribution in [0.5, 0.6) is 5.75 Å². The van der Waals surface area contributed by atoms with E-state index >= 15 is 0 Å². The van der Waals surface area contributed by atoms with Crippen LogP contribution in [0.4, 0.5) is 5.69 Å². The van der Waals surface area contributed by atoms with Crippen molar-refractivity contribution in [1.29, 1.82) is 0 Å². The molecule has 0 unspecified atom stereocenters. The highest BCUT2D eigenvalue weighted by atomic mass is 32.2. The SMILES string of the molecule is COc1ccc(S(=O)(=O)NCc2cnc(C)s2)c(N)c1. The molecule has 1 aromatic heterocycles. The monoisotopic (exact) mass is 313 g/mol. The van der Waals surface area contributed by atoms with Gasteiger partial charge < -0.3 is 10.5 Å². The fourth-order valence-electron chi connectivity index (χ4n) is 1.63. The highest BCUT2D eigenvalue weighted by Gasteiger charge is 2.18. The van der Waals surface area contributed by atoms with Crippen molar-refractivity contribution in [2.75, 3.05) is 12.8 Å². The summed E-state index contributed by atoms with van der Waals surface area (Å²) in [5.41, 5.74) is 5.90. The highest BCUT2D eigenvalue weighted by molar-refractivity contribution is 7.89. The van der Waals surface area contributed by atoms with Gasteiger partial charge in [0, 0.05) is 23.7 Å². The van der Waals surface area contributed by atoms with E-state index < -0.39 is 10.0 Å². The van der Waals surface area contributed by atoms with Crippen LogP contribution < -0.4 is 15.2 Å². The van der Waals surface area contributed by atoms with Crippen molar-refractivity contribution >= 4 is 27.0 Å². The number of aryl methyl sites for hydroxylation is 1. The Balaban J connectivity index is 2.18. The summed E-state index contributed by atoms with van der Waals surface area (Å²) < 4.78 is 31.9. The van der Waals surface area contributed by atoms with Crippen LogP contribution in [0, 0.1) is 6.92 Å². The Morgan fingerprint density at radius 1 is 1.45 bits per heavy atom. The van der Waals surface area contributed by atoms with Crippen molar-refractivity contribution in [1.82, 2.24) is 9.71 Å². The molecule has 0 aliphatic rings. The predicted molar refractivity (Wildman–Crippen MR) is 78.3 cm³/mol. The van der Waals surface area contributed by atoms with Crippen LogP contribution in [-0.4, -0.2) is 20.5 Å². The lowest BCUT2D eigenvalue weighted by Gasteiger charge is -2.09. The summed E-state index contributed by atoms with van der Waals surface area (Å²) in [6.45, 7) is 2.06. The third kappa shape index (κ3) is 3.27. The third-order valence-electron chi connectivity index (χ3n) is 2.61. The maximum atomic E-state index is 12.2. The minimum absolute atomic E-state index is 0.0412. The lowest BCUT2D eigenvalue weighted by molar-refractivity contribution is 0.414. The number of sulfonamides is 1. The van der Waals surface area contributed by atoms with Crippen LogP contribution in [0.2, 0.25) is 0 Å². The van der Waals surface area contributed by atoms with E-state index in [4.69, 9.17) is 10.5 Å². The third-order valence-corrected chi connectivity index (χ3v) is 5.00. The summed E-state index contributed by atoms with van der Waals surface area (Å²) in [6, 6.07) is 4.46. The molecule has 0 fully saturated rings. The summed E-state index contributed by atoms with van der Waals surface area (Å²) in [4.78, 5) is 4.96. The minimum atomic E-state index is -3.66. The van der Waals surface area contributed by atoms with E-state index in [2.05, 4.69) is 9.71 Å². The van der Waals surface area contributed by atoms with Crippen molar-refractivity contribution in [3.8, 4) is 5.75 Å². The fraction of sp³-hybridized carbons (Fsp3) is 0.250. The van der Waals surface area contributed by atoms with Gasteiger partial charge in [0.25, 0.3) is 0 Å². The molecule has 20 heavy (non-hydrogen) atoms. The topological polar surface area (TPSA) is 94.3 Å². The van der Waals surface area contributed by atoms with Crippen molar-refractivity contribution in [3.05, 3.63) is 34.3 Å². The summed E-state index contributed by atoms with van der Waals surface area (Å²) >= 11 is 1.44. The lowest BCUT2D eigenvalue weighted by atomic mass is 10.3. The number of anilines is 1. The Bertz CT molecular complexity index is 710. The van der Waals surface area contributed by atoms with Gasteiger partial charge in [0.05, 0.1) is 17.8 Å². The molecule has 2 rings (SSSR count). The fourth-order valence-corrected chi connectivity index (χ4v) is 3.57. The van der Waals surface area contributed by atoms with Crippen LogP contribution in [0.25, 0.3) is 0 Å². The van der Waals surface area contributed by atoms with Crippen LogP contribution in [0.1, 0.15) is 9.88 Å². The molecule has 0 amide bonds. The number of nitrogens with zero attached hydrogens (tertiary/aromatic N) is 1. The summed E-state index contributed by atoms with van der Waals surface area (Å²) in [7, 11) is -2.16. The first-order chi connectivity index (χ1) is 9.42. The average molecular weight is 313 g/mol. The van der Waals surface area contributed by atoms with Crippen molar-refractivity contribution in [2.24, 2.45) is 0 Å². The highest BCUT2D eigenvalue weighted by Crippen LogP contribution is 2.24. The van der Waals surface area contributed by atoms with E-state index in [0.717, 1.165) is 9.88 Å². The number of methoxy groups -OCH3 is 1. The Labute approximate surface area is 121 Å². The number of aromatic nitrogens is 1. The van der Waals surface area contributed by atoms with Crippen molar-refractivity contribution in [3.63, 3.8) is 0 Å². The maximum Gasteiger partial charge on any atom is 0.242 e. The molecule has 108 valence electrons. The molecular formula is C12H15N3O3S2. The first-order valence-corrected chi connectivity index (χ1v) is 8.07. The number of hydrogen-bond donors (Lipinski definition) is 2. The molecule has 0 aliphatic carbocycles. The van der Waals surface area contributed by atoms with E-state index in [1.165, 1.54) is 30.6 Å². The van der Waals surface area contributed by atoms with Crippen LogP contribution in [0.15, 0.2) is 29.3 Å². The molecule has 3 N–H and O–H groups in total. The number of nitrogen functional groups attached to an aromatic ring is 1. The standard InChI is InChI=1S/C12H15N3O3S2/c1-8-14-6-10(19-8)7-15-20(16,17)12-4-3-9(18-2)5-11(12)13/h3-6,15H,7,13H2,1-2H3. The van der Waals surface area contributed by atoms with Crippen molar-refractivity contribution in [2.45, 2.75) is 18.4 Å². The molecule has 0 saturated carbocycles. The number of hydrogen-bond acceptors (Lipinski definition) is 6. The lowest BCUT2D eigenvalue weighted by Crippen LogP contribution is -2.23. The molecule has 0 bridgehead atoms. The summed E-state index contributed by atoms with van der Waals surface area (Å²) in [5.74, 6) is 0.513. The molecular weight excluding hydrogens is 298 g/mol. The van der Waals surface area contributed by atoms with Gasteiger partial charge in [0.15, 0.2) is 0 Å². The first-order valence-electron chi connectivity index (χ1n) is 5.77. The molecule has 1 aromatic carbocycles. The zero-order valence-corrected chi connectivity index (χ0v) is 12.7. The number of nitrogens with one attached hydrogen (secondary N) is 1. The Morgan fingerprint density at radius 2 is 2.20 bits per heavy atom. The second-order valence-corrected chi connectivity index (χ2v) is 7.13. The molecule has 0 radical (unpaired) electrons. The number of ether oxygens (including phenoxy) is 1. The van der Waals surface area contributed by atoms with Gasteiger partial charge in [-0.15, -0.1) is 11.3 Å². The van der Waals surface area contributed by atoms with Crippen LogP contribution >= 0.6 is 11.3 Å². The maximum absolute atomic E-state index is 12.2. The van der Waals surface area contributed by atoms with Gasteiger partial charge in [-0.3, -0.25) is 0 Å². The number of thiazole rings is 1. The second-order valence-electron chi connectivity index (χ2n) is 4.07. The van der Waals surface area contributed by atoms with Gasteiger partial charge in [0.2, 0.25) is 10.0 Å². The molecule has 6 nitrogen and oxygen atoms in total. The largest absolute Gasteiger partial charge is 0.497 e. The molecule has 1 heterocycles. The number of benzene rings is 1. The van der Waals surface area contributed by atoms with Crippen molar-refractivity contribution < 1.29 is 13.2 Å². The summed E-state index contributed by atoms with van der Waals surface area (Å²) in [6.07, 6.45) is 1.65. The smallest absolute Gasteiger partial charge is 0.242 e. The Morgan fingerprint density at radius 3 is 2.75 bits per heavy atom. The molecule has 2 aromatic rings. The predicted octanol–water partition coefficient (Wildman–Crippen LogP) is 1.52. The van der Waals surface area contributed by atoms with Gasteiger partial charge >= 0.3 is 0 Å². The van der Waals surface area contributed by atoms with E-state index in [-0.39, 0.29) is 17.1 Å². The summed E-state index contributed by atoms with van der Waals surface area (Å²) in [5, 5.41) is 0.892. The van der Waals surface area contributed by atoms with E-state index in [1.807, 2.05) is 6.92 Å². The van der Waals surface area contributed by atoms with E-state index in [0.29, 0.717) is 5.75 Å². The molecule has 0 aliphatic heterocycles. The zero-order chi connectivity index (χ0) is 14.8. The minimum Gasteiger partial charge on any atom is -0.497 e. The van der Waals surface area contributed by atoms with Gasteiger partial charge in [-0.25, -0.2) is 18.1 Å². The number of nitrogens with two attached hydrogens (primary N) is 1. The average Bonchev–Trinajstić information content (AvgIpc) is 2.82. The second kappa shape index (κ2) is 5.78. The Hall–Kier alpha value is -1.64. The van der Waals surface area contributed by atoms with Gasteiger partial charge in [-0.2, -0.15) is 0 Å². The van der Waals surface area contributed by atoms with Gasteiger partial charge in [0.1, 0.15) is 10.6 Å².